The van der Waals surface area contributed by atoms with Crippen molar-refractivity contribution in [2.45, 2.75) is 31.5 Å². The van der Waals surface area contributed by atoms with E-state index >= 15 is 0 Å². The van der Waals surface area contributed by atoms with Gasteiger partial charge in [0.2, 0.25) is 0 Å². The topological polar surface area (TPSA) is 43.0 Å². The lowest BCUT2D eigenvalue weighted by Crippen LogP contribution is -2.47. The average Bonchev–Trinajstić information content (AvgIpc) is 3.40. The Bertz CT molecular complexity index is 519. The highest BCUT2D eigenvalue weighted by molar-refractivity contribution is 5.47. The fraction of sp³-hybridized carbons (Fsp3) is 0.647. The van der Waals surface area contributed by atoms with Crippen LogP contribution in [0.1, 0.15) is 18.4 Å². The molecule has 1 saturated heterocycles. The maximum absolute atomic E-state index is 5.88. The predicted octanol–water partition coefficient (Wildman–Crippen LogP) is 1.41. The number of rotatable bonds is 5. The van der Waals surface area contributed by atoms with Gasteiger partial charge in [-0.2, -0.15) is 0 Å². The highest BCUT2D eigenvalue weighted by Crippen LogP contribution is 2.33. The van der Waals surface area contributed by atoms with E-state index in [1.807, 2.05) is 12.1 Å². The molecule has 0 aromatic heterocycles. The normalized spacial score (nSPS) is 25.2. The van der Waals surface area contributed by atoms with Gasteiger partial charge in [0.15, 0.2) is 11.5 Å². The van der Waals surface area contributed by atoms with Crippen molar-refractivity contribution < 1.29 is 14.2 Å². The van der Waals surface area contributed by atoms with E-state index in [4.69, 9.17) is 14.2 Å². The molecule has 120 valence electrons. The summed E-state index contributed by atoms with van der Waals surface area (Å²) in [6, 6.07) is 6.92. The SMILES string of the molecule is c1cc(CNC[C@@H]2CN(C3CC3)CCO2)c2c(c1)OCCO2. The summed E-state index contributed by atoms with van der Waals surface area (Å²) < 4.78 is 17.2. The zero-order chi connectivity index (χ0) is 14.8. The Morgan fingerprint density at radius 2 is 2.05 bits per heavy atom. The predicted molar refractivity (Wildman–Crippen MR) is 83.5 cm³/mol. The first kappa shape index (κ1) is 14.3. The first-order chi connectivity index (χ1) is 10.9. The number of ether oxygens (including phenoxy) is 3. The smallest absolute Gasteiger partial charge is 0.165 e. The van der Waals surface area contributed by atoms with Gasteiger partial charge in [0, 0.05) is 37.8 Å². The molecule has 5 nitrogen and oxygen atoms in total. The number of nitrogens with one attached hydrogen (secondary N) is 1. The molecule has 0 bridgehead atoms. The van der Waals surface area contributed by atoms with E-state index in [0.29, 0.717) is 19.3 Å². The van der Waals surface area contributed by atoms with Gasteiger partial charge in [0.05, 0.1) is 12.7 Å². The van der Waals surface area contributed by atoms with Crippen LogP contribution >= 0.6 is 0 Å². The van der Waals surface area contributed by atoms with Crippen molar-refractivity contribution in [3.05, 3.63) is 23.8 Å². The van der Waals surface area contributed by atoms with Gasteiger partial charge < -0.3 is 19.5 Å². The third-order valence-electron chi connectivity index (χ3n) is 4.57. The van der Waals surface area contributed by atoms with Crippen LogP contribution < -0.4 is 14.8 Å². The van der Waals surface area contributed by atoms with Gasteiger partial charge in [-0.15, -0.1) is 0 Å². The summed E-state index contributed by atoms with van der Waals surface area (Å²) in [5, 5.41) is 3.51. The fourth-order valence-electron chi connectivity index (χ4n) is 3.28. The minimum absolute atomic E-state index is 0.297. The lowest BCUT2D eigenvalue weighted by molar-refractivity contribution is -0.0301. The van der Waals surface area contributed by atoms with Gasteiger partial charge in [-0.3, -0.25) is 4.90 Å². The summed E-state index contributed by atoms with van der Waals surface area (Å²) in [6.07, 6.45) is 3.03. The van der Waals surface area contributed by atoms with Crippen molar-refractivity contribution in [2.75, 3.05) is 39.5 Å². The lowest BCUT2D eigenvalue weighted by Gasteiger charge is -2.33. The molecule has 1 saturated carbocycles. The van der Waals surface area contributed by atoms with Gasteiger partial charge >= 0.3 is 0 Å². The van der Waals surface area contributed by atoms with E-state index in [0.717, 1.165) is 55.9 Å². The Morgan fingerprint density at radius 3 is 2.95 bits per heavy atom. The molecule has 0 amide bonds. The Hall–Kier alpha value is -1.30. The molecule has 0 radical (unpaired) electrons. The van der Waals surface area contributed by atoms with Crippen LogP contribution in [-0.2, 0) is 11.3 Å². The summed E-state index contributed by atoms with van der Waals surface area (Å²) in [5.74, 6) is 1.75. The molecule has 3 aliphatic rings. The quantitative estimate of drug-likeness (QED) is 0.891. The molecule has 1 atom stereocenters. The van der Waals surface area contributed by atoms with Crippen molar-refractivity contribution in [3.63, 3.8) is 0 Å². The summed E-state index contributed by atoms with van der Waals surface area (Å²) in [6.45, 7) is 5.95. The summed E-state index contributed by atoms with van der Waals surface area (Å²) in [7, 11) is 0. The highest BCUT2D eigenvalue weighted by atomic mass is 16.6. The number of hydrogen-bond acceptors (Lipinski definition) is 5. The molecule has 22 heavy (non-hydrogen) atoms. The zero-order valence-electron chi connectivity index (χ0n) is 12.9. The minimum atomic E-state index is 0.297. The van der Waals surface area contributed by atoms with Gasteiger partial charge in [-0.1, -0.05) is 12.1 Å². The van der Waals surface area contributed by atoms with Gasteiger partial charge in [-0.25, -0.2) is 0 Å². The van der Waals surface area contributed by atoms with Crippen molar-refractivity contribution in [3.8, 4) is 11.5 Å². The Balaban J connectivity index is 1.29. The molecule has 2 fully saturated rings. The van der Waals surface area contributed by atoms with E-state index in [-0.39, 0.29) is 0 Å². The van der Waals surface area contributed by atoms with Gasteiger partial charge in [0.1, 0.15) is 13.2 Å². The van der Waals surface area contributed by atoms with Crippen molar-refractivity contribution in [1.29, 1.82) is 0 Å². The van der Waals surface area contributed by atoms with Crippen LogP contribution in [0.15, 0.2) is 18.2 Å². The van der Waals surface area contributed by atoms with Crippen molar-refractivity contribution >= 4 is 0 Å². The van der Waals surface area contributed by atoms with E-state index < -0.39 is 0 Å². The molecule has 1 N–H and O–H groups in total. The largest absolute Gasteiger partial charge is 0.486 e. The number of nitrogens with zero attached hydrogens (tertiary/aromatic N) is 1. The van der Waals surface area contributed by atoms with Crippen LogP contribution in [0.2, 0.25) is 0 Å². The maximum Gasteiger partial charge on any atom is 0.165 e. The number of para-hydroxylation sites is 1. The molecule has 1 aliphatic carbocycles. The van der Waals surface area contributed by atoms with Gasteiger partial charge in [0.25, 0.3) is 0 Å². The molecular formula is C17H24N2O3. The van der Waals surface area contributed by atoms with Crippen molar-refractivity contribution in [2.24, 2.45) is 0 Å². The van der Waals surface area contributed by atoms with E-state index in [9.17, 15) is 0 Å². The Kier molecular flexibility index (Phi) is 4.19. The molecule has 0 unspecified atom stereocenters. The molecular weight excluding hydrogens is 280 g/mol. The second-order valence-corrected chi connectivity index (χ2v) is 6.29. The molecule has 5 heteroatoms. The van der Waals surface area contributed by atoms with Crippen LogP contribution in [0.4, 0.5) is 0 Å². The second kappa shape index (κ2) is 6.44. The standard InChI is InChI=1S/C17H24N2O3/c1-2-13(17-16(3-1)21-8-9-22-17)10-18-11-15-12-19(6-7-20-15)14-4-5-14/h1-3,14-15,18H,4-12H2/t15-/m1/s1. The molecule has 2 aliphatic heterocycles. The van der Waals surface area contributed by atoms with E-state index in [1.165, 1.54) is 12.8 Å². The monoisotopic (exact) mass is 304 g/mol. The van der Waals surface area contributed by atoms with E-state index in [2.05, 4.69) is 16.3 Å². The van der Waals surface area contributed by atoms with E-state index in [1.54, 1.807) is 0 Å². The molecule has 2 heterocycles. The van der Waals surface area contributed by atoms with Crippen LogP contribution in [0, 0.1) is 0 Å². The second-order valence-electron chi connectivity index (χ2n) is 6.29. The third kappa shape index (κ3) is 3.21. The number of benzene rings is 1. The van der Waals surface area contributed by atoms with Crippen LogP contribution in [0.25, 0.3) is 0 Å². The van der Waals surface area contributed by atoms with Crippen LogP contribution in [0.5, 0.6) is 11.5 Å². The number of hydrogen-bond donors (Lipinski definition) is 1. The third-order valence-corrected chi connectivity index (χ3v) is 4.57. The molecule has 1 aromatic rings. The van der Waals surface area contributed by atoms with Crippen molar-refractivity contribution in [1.82, 2.24) is 10.2 Å². The fourth-order valence-corrected chi connectivity index (χ4v) is 3.28. The average molecular weight is 304 g/mol. The highest BCUT2D eigenvalue weighted by Gasteiger charge is 2.32. The van der Waals surface area contributed by atoms with Crippen LogP contribution in [0.3, 0.4) is 0 Å². The minimum Gasteiger partial charge on any atom is -0.486 e. The summed E-state index contributed by atoms with van der Waals surface area (Å²) in [4.78, 5) is 2.58. The Labute approximate surface area is 131 Å². The number of fused-ring (bicyclic) bond motifs is 1. The molecule has 1 aromatic carbocycles. The summed E-state index contributed by atoms with van der Waals surface area (Å²) >= 11 is 0. The lowest BCUT2D eigenvalue weighted by atomic mass is 10.1. The molecule has 0 spiro atoms. The Morgan fingerprint density at radius 1 is 1.14 bits per heavy atom. The van der Waals surface area contributed by atoms with Gasteiger partial charge in [-0.05, 0) is 18.9 Å². The summed E-state index contributed by atoms with van der Waals surface area (Å²) in [5.41, 5.74) is 1.16. The van der Waals surface area contributed by atoms with Crippen LogP contribution in [-0.4, -0.2) is 56.5 Å². The first-order valence-electron chi connectivity index (χ1n) is 8.34. The molecule has 4 rings (SSSR count). The zero-order valence-corrected chi connectivity index (χ0v) is 12.9. The number of morpholine rings is 1. The first-order valence-corrected chi connectivity index (χ1v) is 8.34. The maximum atomic E-state index is 5.88.